The molecule has 0 unspecified atom stereocenters. The Morgan fingerprint density at radius 3 is 2.63 bits per heavy atom. The van der Waals surface area contributed by atoms with Crippen molar-refractivity contribution in [3.8, 4) is 0 Å². The highest BCUT2D eigenvalue weighted by Crippen LogP contribution is 2.35. The number of carboxylic acid groups (broad SMARTS) is 1. The maximum atomic E-state index is 13.3. The predicted molar refractivity (Wildman–Crippen MR) is 101 cm³/mol. The highest BCUT2D eigenvalue weighted by Gasteiger charge is 2.34. The number of carboxylic acids is 1. The summed E-state index contributed by atoms with van der Waals surface area (Å²) in [5.74, 6) is -1.37. The molecule has 0 bridgehead atoms. The largest absolute Gasteiger partial charge is 0.480 e. The number of rotatable bonds is 6. The van der Waals surface area contributed by atoms with Gasteiger partial charge in [0.15, 0.2) is 0 Å². The second-order valence-electron chi connectivity index (χ2n) is 7.61. The van der Waals surface area contributed by atoms with Crippen molar-refractivity contribution in [1.82, 2.24) is 14.5 Å². The van der Waals surface area contributed by atoms with Gasteiger partial charge in [-0.05, 0) is 48.9 Å². The van der Waals surface area contributed by atoms with E-state index >= 15 is 0 Å². The molecule has 0 saturated carbocycles. The number of hydrogen-bond donors (Lipinski definition) is 2. The topological polar surface area (TPSA) is 101 Å². The van der Waals surface area contributed by atoms with Crippen molar-refractivity contribution in [2.24, 2.45) is 0 Å². The van der Waals surface area contributed by atoms with Crippen molar-refractivity contribution in [3.63, 3.8) is 0 Å². The lowest BCUT2D eigenvalue weighted by atomic mass is 9.94. The molecule has 1 atom stereocenters. The minimum Gasteiger partial charge on any atom is -0.480 e. The number of hydrogen-bond acceptors (Lipinski definition) is 4. The Labute approximate surface area is 172 Å². The van der Waals surface area contributed by atoms with Crippen LogP contribution in [-0.4, -0.2) is 29.3 Å². The first-order valence-corrected chi connectivity index (χ1v) is 10.9. The van der Waals surface area contributed by atoms with E-state index in [1.54, 1.807) is 13.8 Å². The average Bonchev–Trinajstić information content (AvgIpc) is 3.03. The first-order valence-electron chi connectivity index (χ1n) is 9.39. The molecule has 3 rings (SSSR count). The first-order chi connectivity index (χ1) is 13.9. The maximum Gasteiger partial charge on any atom is 0.416 e. The van der Waals surface area contributed by atoms with Gasteiger partial charge in [-0.25, -0.2) is 13.1 Å². The minimum absolute atomic E-state index is 0.267. The number of alkyl halides is 3. The summed E-state index contributed by atoms with van der Waals surface area (Å²) >= 11 is 0. The second-order valence-corrected chi connectivity index (χ2v) is 9.32. The van der Waals surface area contributed by atoms with Gasteiger partial charge in [-0.15, -0.1) is 0 Å². The van der Waals surface area contributed by atoms with Gasteiger partial charge in [0.2, 0.25) is 10.0 Å². The smallest absolute Gasteiger partial charge is 0.416 e. The Balaban J connectivity index is 1.96. The molecule has 7 nitrogen and oxygen atoms in total. The quantitative estimate of drug-likeness (QED) is 0.709. The molecule has 0 saturated heterocycles. The highest BCUT2D eigenvalue weighted by molar-refractivity contribution is 7.89. The molecular weight excluding hydrogens is 423 g/mol. The normalized spacial score (nSPS) is 17.2. The maximum absolute atomic E-state index is 13.3. The Hall–Kier alpha value is -2.40. The van der Waals surface area contributed by atoms with E-state index in [0.29, 0.717) is 36.6 Å². The van der Waals surface area contributed by atoms with Gasteiger partial charge in [-0.2, -0.15) is 18.3 Å². The van der Waals surface area contributed by atoms with Crippen LogP contribution in [0.2, 0.25) is 0 Å². The summed E-state index contributed by atoms with van der Waals surface area (Å²) in [6.07, 6.45) is -1.70. The minimum atomic E-state index is -4.68. The zero-order chi connectivity index (χ0) is 22.3. The van der Waals surface area contributed by atoms with Crippen LogP contribution in [0.5, 0.6) is 0 Å². The molecule has 30 heavy (non-hydrogen) atoms. The summed E-state index contributed by atoms with van der Waals surface area (Å²) in [7, 11) is -4.26. The molecule has 0 fully saturated rings. The van der Waals surface area contributed by atoms with Gasteiger partial charge in [0.05, 0.1) is 22.7 Å². The van der Waals surface area contributed by atoms with Gasteiger partial charge >= 0.3 is 12.1 Å². The SMILES string of the molecule is CC(C)c1cc(C(F)(F)F)cc(S(=O)(=O)N[C@@H]2CCCc3c2cnn3CC(=O)O)c1. The lowest BCUT2D eigenvalue weighted by Crippen LogP contribution is -2.31. The molecule has 1 aromatic carbocycles. The van der Waals surface area contributed by atoms with E-state index in [-0.39, 0.29) is 18.0 Å². The van der Waals surface area contributed by atoms with Crippen LogP contribution in [0.15, 0.2) is 29.3 Å². The molecule has 0 radical (unpaired) electrons. The molecule has 164 valence electrons. The zero-order valence-electron chi connectivity index (χ0n) is 16.4. The van der Waals surface area contributed by atoms with E-state index in [0.717, 1.165) is 6.07 Å². The van der Waals surface area contributed by atoms with Crippen molar-refractivity contribution < 1.29 is 31.5 Å². The number of sulfonamides is 1. The molecule has 0 amide bonds. The standard InChI is InChI=1S/C19H22F3N3O4S/c1-11(2)12-6-13(19(20,21)22)8-14(7-12)30(28,29)24-16-4-3-5-17-15(16)9-23-25(17)10-18(26)27/h6-9,11,16,24H,3-5,10H2,1-2H3,(H,26,27)/t16-/m1/s1. The zero-order valence-corrected chi connectivity index (χ0v) is 17.2. The summed E-state index contributed by atoms with van der Waals surface area (Å²) in [5.41, 5.74) is 0.405. The monoisotopic (exact) mass is 445 g/mol. The molecule has 1 aliphatic rings. The molecular formula is C19H22F3N3O4S. The van der Waals surface area contributed by atoms with Crippen LogP contribution in [-0.2, 0) is 34.0 Å². The Kier molecular flexibility index (Phi) is 5.96. The van der Waals surface area contributed by atoms with Gasteiger partial charge in [0.1, 0.15) is 6.54 Å². The molecule has 11 heteroatoms. The van der Waals surface area contributed by atoms with E-state index in [4.69, 9.17) is 5.11 Å². The van der Waals surface area contributed by atoms with Crippen molar-refractivity contribution in [3.05, 3.63) is 46.8 Å². The number of benzene rings is 1. The Morgan fingerprint density at radius 1 is 1.33 bits per heavy atom. The van der Waals surface area contributed by atoms with Gasteiger partial charge in [0.25, 0.3) is 0 Å². The third kappa shape index (κ3) is 4.67. The van der Waals surface area contributed by atoms with E-state index in [1.807, 2.05) is 0 Å². The first kappa shape index (κ1) is 22.3. The lowest BCUT2D eigenvalue weighted by molar-refractivity contribution is -0.138. The molecule has 1 aromatic heterocycles. The summed E-state index contributed by atoms with van der Waals surface area (Å²) in [4.78, 5) is 10.5. The molecule has 0 aliphatic heterocycles. The summed E-state index contributed by atoms with van der Waals surface area (Å²) in [5, 5.41) is 13.0. The Bertz CT molecular complexity index is 1060. The van der Waals surface area contributed by atoms with Crippen LogP contribution in [0.25, 0.3) is 0 Å². The predicted octanol–water partition coefficient (Wildman–Crippen LogP) is 3.47. The number of halogens is 3. The fourth-order valence-electron chi connectivity index (χ4n) is 3.54. The van der Waals surface area contributed by atoms with E-state index in [9.17, 15) is 26.4 Å². The number of fused-ring (bicyclic) bond motifs is 1. The number of carbonyl (C=O) groups is 1. The fraction of sp³-hybridized carbons (Fsp3) is 0.474. The number of nitrogens with zero attached hydrogens (tertiary/aromatic N) is 2. The van der Waals surface area contributed by atoms with Crippen molar-refractivity contribution >= 4 is 16.0 Å². The van der Waals surface area contributed by atoms with Gasteiger partial charge in [-0.1, -0.05) is 13.8 Å². The van der Waals surface area contributed by atoms with E-state index in [2.05, 4.69) is 9.82 Å². The Morgan fingerprint density at radius 2 is 2.03 bits per heavy atom. The molecule has 2 aromatic rings. The number of nitrogens with one attached hydrogen (secondary N) is 1. The molecule has 2 N–H and O–H groups in total. The van der Waals surface area contributed by atoms with E-state index in [1.165, 1.54) is 16.9 Å². The highest BCUT2D eigenvalue weighted by atomic mass is 32.2. The van der Waals surface area contributed by atoms with Crippen LogP contribution in [0.3, 0.4) is 0 Å². The van der Waals surface area contributed by atoms with Crippen LogP contribution in [0.4, 0.5) is 13.2 Å². The van der Waals surface area contributed by atoms with Gasteiger partial charge in [-0.3, -0.25) is 9.48 Å². The third-order valence-corrected chi connectivity index (χ3v) is 6.53. The van der Waals surface area contributed by atoms with Crippen LogP contribution in [0.1, 0.15) is 61.0 Å². The van der Waals surface area contributed by atoms with E-state index < -0.39 is 38.7 Å². The average molecular weight is 445 g/mol. The fourth-order valence-corrected chi connectivity index (χ4v) is 4.86. The number of aromatic nitrogens is 2. The van der Waals surface area contributed by atoms with Gasteiger partial charge in [0, 0.05) is 11.3 Å². The molecule has 1 heterocycles. The van der Waals surface area contributed by atoms with Crippen LogP contribution < -0.4 is 4.72 Å². The van der Waals surface area contributed by atoms with Crippen LogP contribution in [0, 0.1) is 0 Å². The van der Waals surface area contributed by atoms with Crippen LogP contribution >= 0.6 is 0 Å². The van der Waals surface area contributed by atoms with Crippen molar-refractivity contribution in [2.45, 2.75) is 62.7 Å². The summed E-state index contributed by atoms with van der Waals surface area (Å²) < 4.78 is 69.5. The number of aliphatic carboxylic acids is 1. The van der Waals surface area contributed by atoms with Crippen molar-refractivity contribution in [1.29, 1.82) is 0 Å². The summed E-state index contributed by atoms with van der Waals surface area (Å²) in [6.45, 7) is 3.02. The lowest BCUT2D eigenvalue weighted by Gasteiger charge is -2.24. The molecule has 1 aliphatic carbocycles. The second kappa shape index (κ2) is 8.03. The van der Waals surface area contributed by atoms with Crippen molar-refractivity contribution in [2.75, 3.05) is 0 Å². The molecule has 0 spiro atoms. The van der Waals surface area contributed by atoms with Gasteiger partial charge < -0.3 is 5.11 Å². The third-order valence-electron chi connectivity index (χ3n) is 5.08. The summed E-state index contributed by atoms with van der Waals surface area (Å²) in [6, 6.07) is 2.14.